The van der Waals surface area contributed by atoms with E-state index in [1.165, 1.54) is 250 Å². The third-order valence-electron chi connectivity index (χ3n) is 21.0. The highest BCUT2D eigenvalue weighted by atomic mass is 31.2. The van der Waals surface area contributed by atoms with Crippen LogP contribution in [0.15, 0.2) is 0 Å². The summed E-state index contributed by atoms with van der Waals surface area (Å²) in [7, 11) is -9.93. The number of ether oxygens (including phenoxy) is 4. The number of aliphatic hydroxyl groups excluding tert-OH is 1. The lowest BCUT2D eigenvalue weighted by molar-refractivity contribution is -0.161. The Hall–Kier alpha value is -1.94. The van der Waals surface area contributed by atoms with Crippen LogP contribution < -0.4 is 0 Å². The maximum Gasteiger partial charge on any atom is 0.472 e. The van der Waals surface area contributed by atoms with Gasteiger partial charge in [0.15, 0.2) is 12.2 Å². The Balaban J connectivity index is 5.23. The molecule has 0 rings (SSSR count). The van der Waals surface area contributed by atoms with Gasteiger partial charge in [0.25, 0.3) is 0 Å². The Morgan fingerprint density at radius 2 is 0.453 bits per heavy atom. The second-order valence-electron chi connectivity index (χ2n) is 32.7. The fraction of sp³-hybridized carbons (Fsp3) is 0.954. The standard InChI is InChI=1S/C87H170O17P2/c1-9-79(7)65-57-49-41-35-29-22-18-13-11-12-14-20-24-31-37-43-53-61-69-86(91)103-82(73-97-84(89)67-59-51-42-36-30-23-19-16-15-17-21-27-33-39-47-55-63-77(3)4)75-101-105(93,94)99-71-81(88)72-100-106(95,96)102-76-83(74-98-85(90)68-60-52-46-45-50-58-66-80(8)10-2)104-87(92)70-62-54-44-38-32-26-25-28-34-40-48-56-64-78(5)6/h77-83,88H,9-76H2,1-8H3,(H,93,94)(H,95,96)/t79?,80?,81-,82-,83-/m1/s1. The highest BCUT2D eigenvalue weighted by molar-refractivity contribution is 7.47. The number of carbonyl (C=O) groups excluding carboxylic acids is 4. The molecule has 0 amide bonds. The monoisotopic (exact) mass is 1550 g/mol. The highest BCUT2D eigenvalue weighted by Crippen LogP contribution is 2.45. The van der Waals surface area contributed by atoms with E-state index in [4.69, 9.17) is 37.0 Å². The SMILES string of the molecule is CCC(C)CCCCCCCCCCCCCCCCCCCCC(=O)O[C@H](COC(=O)CCCCCCCCCCCCCCCCCCC(C)C)COP(=O)(O)OC[C@@H](O)COP(=O)(O)OC[C@@H](COC(=O)CCCCCCCCC(C)CC)OC(=O)CCCCCCCCCCCCCCC(C)C. The molecule has 19 heteroatoms. The molecule has 0 heterocycles. The van der Waals surface area contributed by atoms with Crippen molar-refractivity contribution in [2.45, 2.75) is 472 Å². The summed E-state index contributed by atoms with van der Waals surface area (Å²) in [5, 5.41) is 10.7. The van der Waals surface area contributed by atoms with Crippen LogP contribution in [0.3, 0.4) is 0 Å². The third kappa shape index (κ3) is 77.4. The molecule has 0 aromatic heterocycles. The van der Waals surface area contributed by atoms with Gasteiger partial charge in [-0.25, -0.2) is 9.13 Å². The second kappa shape index (κ2) is 75.7. The quantitative estimate of drug-likeness (QED) is 0.0222. The summed E-state index contributed by atoms with van der Waals surface area (Å²) in [6, 6.07) is 0. The molecule has 0 aliphatic carbocycles. The third-order valence-corrected chi connectivity index (χ3v) is 22.9. The normalized spacial score (nSPS) is 14.4. The first-order chi connectivity index (χ1) is 51.2. The van der Waals surface area contributed by atoms with Crippen LogP contribution in [0.4, 0.5) is 0 Å². The minimum absolute atomic E-state index is 0.106. The molecule has 0 radical (unpaired) electrons. The topological polar surface area (TPSA) is 237 Å². The minimum Gasteiger partial charge on any atom is -0.462 e. The summed E-state index contributed by atoms with van der Waals surface area (Å²) in [6.45, 7) is 14.4. The summed E-state index contributed by atoms with van der Waals surface area (Å²) >= 11 is 0. The molecule has 0 aliphatic rings. The Labute approximate surface area is 651 Å². The number of unbranched alkanes of at least 4 members (excludes halogenated alkanes) is 48. The van der Waals surface area contributed by atoms with Gasteiger partial charge in [-0.1, -0.05) is 402 Å². The van der Waals surface area contributed by atoms with Crippen molar-refractivity contribution in [1.29, 1.82) is 0 Å². The van der Waals surface area contributed by atoms with Gasteiger partial charge < -0.3 is 33.8 Å². The molecule has 0 bridgehead atoms. The predicted molar refractivity (Wildman–Crippen MR) is 437 cm³/mol. The molecule has 4 unspecified atom stereocenters. The fourth-order valence-corrected chi connectivity index (χ4v) is 15.0. The van der Waals surface area contributed by atoms with Gasteiger partial charge in [0.05, 0.1) is 26.4 Å². The van der Waals surface area contributed by atoms with Crippen LogP contribution in [0, 0.1) is 23.7 Å². The lowest BCUT2D eigenvalue weighted by Gasteiger charge is -2.21. The van der Waals surface area contributed by atoms with E-state index in [0.717, 1.165) is 120 Å². The first kappa shape index (κ1) is 104. The maximum atomic E-state index is 13.2. The molecule has 7 atom stereocenters. The number of rotatable bonds is 84. The minimum atomic E-state index is -4.97. The molecular weight excluding hydrogens is 1380 g/mol. The van der Waals surface area contributed by atoms with Gasteiger partial charge in [-0.3, -0.25) is 37.3 Å². The summed E-state index contributed by atoms with van der Waals surface area (Å²) in [4.78, 5) is 73.2. The molecule has 0 aliphatic heterocycles. The van der Waals surface area contributed by atoms with Crippen LogP contribution in [-0.2, 0) is 65.4 Å². The second-order valence-corrected chi connectivity index (χ2v) is 35.6. The van der Waals surface area contributed by atoms with Crippen LogP contribution in [0.2, 0.25) is 0 Å². The smallest absolute Gasteiger partial charge is 0.462 e. The van der Waals surface area contributed by atoms with Gasteiger partial charge in [0.1, 0.15) is 19.3 Å². The average molecular weight is 1550 g/mol. The van der Waals surface area contributed by atoms with Crippen molar-refractivity contribution in [2.24, 2.45) is 23.7 Å². The van der Waals surface area contributed by atoms with Crippen molar-refractivity contribution in [3.8, 4) is 0 Å². The Kier molecular flexibility index (Phi) is 74.3. The molecule has 0 spiro atoms. The Morgan fingerprint density at radius 1 is 0.264 bits per heavy atom. The van der Waals surface area contributed by atoms with Crippen LogP contribution in [-0.4, -0.2) is 96.7 Å². The van der Waals surface area contributed by atoms with E-state index in [1.807, 2.05) is 0 Å². The van der Waals surface area contributed by atoms with Crippen molar-refractivity contribution in [1.82, 2.24) is 0 Å². The molecule has 0 saturated heterocycles. The zero-order chi connectivity index (χ0) is 78.1. The highest BCUT2D eigenvalue weighted by Gasteiger charge is 2.31. The van der Waals surface area contributed by atoms with Crippen LogP contribution in [0.25, 0.3) is 0 Å². The Morgan fingerprint density at radius 3 is 0.670 bits per heavy atom. The number of hydrogen-bond acceptors (Lipinski definition) is 15. The van der Waals surface area contributed by atoms with E-state index in [-0.39, 0.29) is 25.7 Å². The molecule has 630 valence electrons. The van der Waals surface area contributed by atoms with Crippen molar-refractivity contribution in [3.63, 3.8) is 0 Å². The van der Waals surface area contributed by atoms with Gasteiger partial charge in [0.2, 0.25) is 0 Å². The van der Waals surface area contributed by atoms with Crippen LogP contribution >= 0.6 is 15.6 Å². The summed E-state index contributed by atoms with van der Waals surface area (Å²) in [6.07, 6.45) is 65.3. The number of esters is 4. The molecule has 17 nitrogen and oxygen atoms in total. The van der Waals surface area contributed by atoms with Crippen molar-refractivity contribution in [2.75, 3.05) is 39.6 Å². The van der Waals surface area contributed by atoms with E-state index >= 15 is 0 Å². The number of hydrogen-bond donors (Lipinski definition) is 3. The molecule has 106 heavy (non-hydrogen) atoms. The Bertz CT molecular complexity index is 2060. The van der Waals surface area contributed by atoms with E-state index in [2.05, 4.69) is 55.4 Å². The predicted octanol–water partition coefficient (Wildman–Crippen LogP) is 26.3. The molecule has 0 fully saturated rings. The molecular formula is C87H170O17P2. The van der Waals surface area contributed by atoms with Crippen molar-refractivity contribution < 1.29 is 80.2 Å². The average Bonchev–Trinajstić information content (AvgIpc) is 0.903. The van der Waals surface area contributed by atoms with E-state index in [9.17, 15) is 43.2 Å². The molecule has 0 saturated carbocycles. The van der Waals surface area contributed by atoms with E-state index in [1.54, 1.807) is 0 Å². The van der Waals surface area contributed by atoms with Gasteiger partial charge in [-0.15, -0.1) is 0 Å². The van der Waals surface area contributed by atoms with Gasteiger partial charge in [0, 0.05) is 25.7 Å². The molecule has 0 aromatic rings. The van der Waals surface area contributed by atoms with Gasteiger partial charge >= 0.3 is 39.5 Å². The zero-order valence-electron chi connectivity index (χ0n) is 70.1. The van der Waals surface area contributed by atoms with Gasteiger partial charge in [-0.05, 0) is 49.4 Å². The molecule has 0 aromatic carbocycles. The maximum absolute atomic E-state index is 13.2. The summed E-state index contributed by atoms with van der Waals surface area (Å²) in [5.74, 6) is 1.08. The number of carbonyl (C=O) groups is 4. The first-order valence-electron chi connectivity index (χ1n) is 44.8. The first-order valence-corrected chi connectivity index (χ1v) is 47.8. The lowest BCUT2D eigenvalue weighted by atomic mass is 9.99. The van der Waals surface area contributed by atoms with Crippen molar-refractivity contribution in [3.05, 3.63) is 0 Å². The largest absolute Gasteiger partial charge is 0.472 e. The van der Waals surface area contributed by atoms with E-state index in [0.29, 0.717) is 25.7 Å². The van der Waals surface area contributed by atoms with Crippen molar-refractivity contribution >= 4 is 39.5 Å². The van der Waals surface area contributed by atoms with Gasteiger partial charge in [-0.2, -0.15) is 0 Å². The number of phosphoric ester groups is 2. The number of phosphoric acid groups is 2. The summed E-state index contributed by atoms with van der Waals surface area (Å²) < 4.78 is 68.9. The lowest BCUT2D eigenvalue weighted by Crippen LogP contribution is -2.30. The van der Waals surface area contributed by atoms with Crippen LogP contribution in [0.1, 0.15) is 453 Å². The summed E-state index contributed by atoms with van der Waals surface area (Å²) in [5.41, 5.74) is 0. The zero-order valence-corrected chi connectivity index (χ0v) is 71.9. The molecule has 3 N–H and O–H groups in total. The number of aliphatic hydroxyl groups is 1. The van der Waals surface area contributed by atoms with E-state index < -0.39 is 97.5 Å². The fourth-order valence-electron chi connectivity index (χ4n) is 13.4. The van der Waals surface area contributed by atoms with Crippen LogP contribution in [0.5, 0.6) is 0 Å².